The molecule has 0 unspecified atom stereocenters. The smallest absolute Gasteiger partial charge is 0.228 e. The summed E-state index contributed by atoms with van der Waals surface area (Å²) in [5.74, 6) is 0.111. The molecule has 0 N–H and O–H groups in total. The lowest BCUT2D eigenvalue weighted by atomic mass is 10.2. The van der Waals surface area contributed by atoms with Crippen LogP contribution in [0.3, 0.4) is 0 Å². The van der Waals surface area contributed by atoms with Gasteiger partial charge in [-0.2, -0.15) is 0 Å². The SMILES string of the molecule is CCC(=O)N(CCN(CC)CC)c1nc2c(C)cc(Cl)cc2s1.Cl. The van der Waals surface area contributed by atoms with E-state index >= 15 is 0 Å². The van der Waals surface area contributed by atoms with Gasteiger partial charge in [-0.25, -0.2) is 4.98 Å². The number of aromatic nitrogens is 1. The first kappa shape index (κ1) is 21.2. The Morgan fingerprint density at radius 1 is 1.21 bits per heavy atom. The van der Waals surface area contributed by atoms with E-state index in [2.05, 4.69) is 18.7 Å². The highest BCUT2D eigenvalue weighted by Crippen LogP contribution is 2.33. The summed E-state index contributed by atoms with van der Waals surface area (Å²) in [6, 6.07) is 3.83. The largest absolute Gasteiger partial charge is 0.302 e. The number of carbonyl (C=O) groups excluding carboxylic acids is 1. The first-order valence-corrected chi connectivity index (χ1v) is 9.28. The summed E-state index contributed by atoms with van der Waals surface area (Å²) in [4.78, 5) is 21.2. The van der Waals surface area contributed by atoms with Gasteiger partial charge in [0.15, 0.2) is 5.13 Å². The van der Waals surface area contributed by atoms with E-state index in [4.69, 9.17) is 16.6 Å². The van der Waals surface area contributed by atoms with Gasteiger partial charge in [-0.3, -0.25) is 9.69 Å². The van der Waals surface area contributed by atoms with E-state index in [9.17, 15) is 4.79 Å². The maximum Gasteiger partial charge on any atom is 0.228 e. The molecule has 7 heteroatoms. The van der Waals surface area contributed by atoms with Gasteiger partial charge in [0, 0.05) is 24.5 Å². The number of aryl methyl sites for hydroxylation is 1. The number of fused-ring (bicyclic) bond motifs is 1. The van der Waals surface area contributed by atoms with Crippen LogP contribution in [0.2, 0.25) is 5.02 Å². The van der Waals surface area contributed by atoms with E-state index in [1.54, 1.807) is 0 Å². The molecule has 0 bridgehead atoms. The van der Waals surface area contributed by atoms with E-state index in [0.717, 1.165) is 40.5 Å². The molecule has 2 rings (SSSR count). The Labute approximate surface area is 159 Å². The lowest BCUT2D eigenvalue weighted by Crippen LogP contribution is -2.38. The lowest BCUT2D eigenvalue weighted by Gasteiger charge is -2.24. The van der Waals surface area contributed by atoms with E-state index in [1.807, 2.05) is 30.9 Å². The van der Waals surface area contributed by atoms with Crippen molar-refractivity contribution in [1.82, 2.24) is 9.88 Å². The van der Waals surface area contributed by atoms with Gasteiger partial charge in [0.25, 0.3) is 0 Å². The van der Waals surface area contributed by atoms with E-state index < -0.39 is 0 Å². The predicted molar refractivity (Wildman–Crippen MR) is 107 cm³/mol. The number of rotatable bonds is 7. The molecule has 0 aliphatic rings. The van der Waals surface area contributed by atoms with Gasteiger partial charge in [-0.15, -0.1) is 12.4 Å². The van der Waals surface area contributed by atoms with Crippen molar-refractivity contribution in [2.24, 2.45) is 0 Å². The molecule has 4 nitrogen and oxygen atoms in total. The number of halogens is 2. The molecule has 1 amide bonds. The molecular weight excluding hydrogens is 365 g/mol. The fourth-order valence-electron chi connectivity index (χ4n) is 2.56. The average molecular weight is 390 g/mol. The van der Waals surface area contributed by atoms with Crippen molar-refractivity contribution < 1.29 is 4.79 Å². The van der Waals surface area contributed by atoms with Crippen molar-refractivity contribution >= 4 is 56.6 Å². The second-order valence-electron chi connectivity index (χ2n) is 5.49. The lowest BCUT2D eigenvalue weighted by molar-refractivity contribution is -0.118. The third-order valence-corrected chi connectivity index (χ3v) is 5.25. The number of likely N-dealkylation sites (N-methyl/N-ethyl adjacent to an activating group) is 1. The van der Waals surface area contributed by atoms with Crippen molar-refractivity contribution in [3.8, 4) is 0 Å². The number of hydrogen-bond acceptors (Lipinski definition) is 4. The van der Waals surface area contributed by atoms with Crippen molar-refractivity contribution in [2.45, 2.75) is 34.1 Å². The molecule has 0 radical (unpaired) electrons. The van der Waals surface area contributed by atoms with Crippen LogP contribution in [-0.4, -0.2) is 42.0 Å². The van der Waals surface area contributed by atoms with Gasteiger partial charge < -0.3 is 4.90 Å². The highest BCUT2D eigenvalue weighted by atomic mass is 35.5. The third-order valence-electron chi connectivity index (χ3n) is 4.01. The molecule has 0 saturated heterocycles. The molecule has 0 fully saturated rings. The Kier molecular flexibility index (Phi) is 8.43. The highest BCUT2D eigenvalue weighted by Gasteiger charge is 2.19. The average Bonchev–Trinajstić information content (AvgIpc) is 2.95. The van der Waals surface area contributed by atoms with Crippen LogP contribution in [0.4, 0.5) is 5.13 Å². The van der Waals surface area contributed by atoms with E-state index in [1.165, 1.54) is 11.3 Å². The second kappa shape index (κ2) is 9.56. The van der Waals surface area contributed by atoms with Crippen LogP contribution in [0.25, 0.3) is 10.2 Å². The maximum absolute atomic E-state index is 12.4. The van der Waals surface area contributed by atoms with Crippen LogP contribution < -0.4 is 4.90 Å². The number of anilines is 1. The standard InChI is InChI=1S/C17H24ClN3OS.ClH/c1-5-15(22)21(9-8-20(6-2)7-3)17-19-16-12(4)10-13(18)11-14(16)23-17;/h10-11H,5-9H2,1-4H3;1H. The molecule has 0 aliphatic heterocycles. The molecule has 1 aromatic carbocycles. The first-order valence-electron chi connectivity index (χ1n) is 8.09. The van der Waals surface area contributed by atoms with Gasteiger partial charge in [-0.1, -0.05) is 43.7 Å². The second-order valence-corrected chi connectivity index (χ2v) is 6.94. The van der Waals surface area contributed by atoms with Crippen LogP contribution >= 0.6 is 35.3 Å². The monoisotopic (exact) mass is 389 g/mol. The molecule has 1 aromatic heterocycles. The summed E-state index contributed by atoms with van der Waals surface area (Å²) in [6.45, 7) is 11.7. The van der Waals surface area contributed by atoms with Gasteiger partial charge in [0.2, 0.25) is 5.91 Å². The third kappa shape index (κ3) is 4.82. The normalized spacial score (nSPS) is 10.9. The summed E-state index contributed by atoms with van der Waals surface area (Å²) >= 11 is 7.67. The van der Waals surface area contributed by atoms with Crippen LogP contribution in [0, 0.1) is 6.92 Å². The number of hydrogen-bond donors (Lipinski definition) is 0. The van der Waals surface area contributed by atoms with E-state index in [-0.39, 0.29) is 18.3 Å². The zero-order valence-corrected chi connectivity index (χ0v) is 17.0. The van der Waals surface area contributed by atoms with Crippen molar-refractivity contribution in [3.05, 3.63) is 22.7 Å². The van der Waals surface area contributed by atoms with Gasteiger partial charge in [0.05, 0.1) is 10.2 Å². The number of carbonyl (C=O) groups is 1. The molecule has 0 saturated carbocycles. The minimum atomic E-state index is 0. The summed E-state index contributed by atoms with van der Waals surface area (Å²) in [5, 5.41) is 1.48. The highest BCUT2D eigenvalue weighted by molar-refractivity contribution is 7.22. The molecule has 2 aromatic rings. The van der Waals surface area contributed by atoms with Crippen molar-refractivity contribution in [1.29, 1.82) is 0 Å². The van der Waals surface area contributed by atoms with Crippen LogP contribution in [-0.2, 0) is 4.79 Å². The Hall–Kier alpha value is -0.880. The van der Waals surface area contributed by atoms with Crippen molar-refractivity contribution in [2.75, 3.05) is 31.1 Å². The number of benzene rings is 1. The van der Waals surface area contributed by atoms with Crippen LogP contribution in [0.5, 0.6) is 0 Å². The van der Waals surface area contributed by atoms with Crippen LogP contribution in [0.15, 0.2) is 12.1 Å². The molecular formula is C17H25Cl2N3OS. The van der Waals surface area contributed by atoms with E-state index in [0.29, 0.717) is 18.0 Å². The molecule has 0 aliphatic carbocycles. The van der Waals surface area contributed by atoms with Gasteiger partial charge >= 0.3 is 0 Å². The zero-order valence-electron chi connectivity index (χ0n) is 14.6. The fourth-order valence-corrected chi connectivity index (χ4v) is 4.02. The Balaban J connectivity index is 0.00000288. The number of thiazole rings is 1. The summed E-state index contributed by atoms with van der Waals surface area (Å²) in [6.07, 6.45) is 0.480. The molecule has 24 heavy (non-hydrogen) atoms. The maximum atomic E-state index is 12.4. The van der Waals surface area contributed by atoms with Crippen molar-refractivity contribution in [3.63, 3.8) is 0 Å². The number of amides is 1. The Morgan fingerprint density at radius 2 is 1.88 bits per heavy atom. The van der Waals surface area contributed by atoms with Gasteiger partial charge in [-0.05, 0) is 37.7 Å². The summed E-state index contributed by atoms with van der Waals surface area (Å²) < 4.78 is 1.03. The fraction of sp³-hybridized carbons (Fsp3) is 0.529. The topological polar surface area (TPSA) is 36.4 Å². The minimum absolute atomic E-state index is 0. The molecule has 134 valence electrons. The summed E-state index contributed by atoms with van der Waals surface area (Å²) in [7, 11) is 0. The zero-order chi connectivity index (χ0) is 17.0. The Morgan fingerprint density at radius 3 is 2.46 bits per heavy atom. The number of nitrogens with zero attached hydrogens (tertiary/aromatic N) is 3. The molecule has 1 heterocycles. The molecule has 0 atom stereocenters. The quantitative estimate of drug-likeness (QED) is 0.684. The van der Waals surface area contributed by atoms with Crippen LogP contribution in [0.1, 0.15) is 32.8 Å². The summed E-state index contributed by atoms with van der Waals surface area (Å²) in [5.41, 5.74) is 1.98. The first-order chi connectivity index (χ1) is 11.0. The molecule has 0 spiro atoms. The minimum Gasteiger partial charge on any atom is -0.302 e. The van der Waals surface area contributed by atoms with Gasteiger partial charge in [0.1, 0.15) is 0 Å². The predicted octanol–water partition coefficient (Wildman–Crippen LogP) is 4.76. The Bertz CT molecular complexity index is 686.